The van der Waals surface area contributed by atoms with Crippen LogP contribution in [-0.4, -0.2) is 25.8 Å². The van der Waals surface area contributed by atoms with Crippen LogP contribution >= 0.6 is 11.8 Å². The van der Waals surface area contributed by atoms with Crippen LogP contribution in [0.1, 0.15) is 18.2 Å². The van der Waals surface area contributed by atoms with Crippen LogP contribution in [0.2, 0.25) is 0 Å². The molecule has 0 spiro atoms. The van der Waals surface area contributed by atoms with Crippen molar-refractivity contribution in [3.8, 4) is 11.3 Å². The maximum atomic E-state index is 11.4. The van der Waals surface area contributed by atoms with Gasteiger partial charge in [-0.25, -0.2) is 9.50 Å². The first kappa shape index (κ1) is 15.6. The molecule has 0 aliphatic rings. The Morgan fingerprint density at radius 1 is 1.26 bits per heavy atom. The molecule has 0 fully saturated rings. The van der Waals surface area contributed by atoms with Crippen molar-refractivity contribution in [2.45, 2.75) is 31.2 Å². The fourth-order valence-corrected chi connectivity index (χ4v) is 3.30. The molecule has 1 amide bonds. The van der Waals surface area contributed by atoms with Crippen molar-refractivity contribution in [1.82, 2.24) is 14.6 Å². The summed E-state index contributed by atoms with van der Waals surface area (Å²) in [5.74, 6) is -0.364. The zero-order valence-corrected chi connectivity index (χ0v) is 14.1. The van der Waals surface area contributed by atoms with E-state index in [-0.39, 0.29) is 11.2 Å². The SMILES string of the molecule is Cc1cc(C)c2c(-c3ccccc3)nc(SC(C)C(N)=O)n2n1. The molecule has 0 aliphatic heterocycles. The van der Waals surface area contributed by atoms with Gasteiger partial charge in [0.05, 0.1) is 22.2 Å². The molecule has 2 aromatic heterocycles. The van der Waals surface area contributed by atoms with Crippen LogP contribution in [0.4, 0.5) is 0 Å². The van der Waals surface area contributed by atoms with Crippen molar-refractivity contribution in [3.63, 3.8) is 0 Å². The van der Waals surface area contributed by atoms with E-state index < -0.39 is 0 Å². The lowest BCUT2D eigenvalue weighted by Gasteiger charge is -2.06. The average molecular weight is 326 g/mol. The largest absolute Gasteiger partial charge is 0.369 e. The summed E-state index contributed by atoms with van der Waals surface area (Å²) in [6.45, 7) is 5.77. The molecule has 118 valence electrons. The molecule has 0 bridgehead atoms. The van der Waals surface area contributed by atoms with Crippen LogP contribution < -0.4 is 5.73 Å². The second-order valence-corrected chi connectivity index (χ2v) is 6.81. The monoisotopic (exact) mass is 326 g/mol. The lowest BCUT2D eigenvalue weighted by atomic mass is 10.1. The number of hydrogen-bond acceptors (Lipinski definition) is 4. The molecule has 1 atom stereocenters. The van der Waals surface area contributed by atoms with Crippen molar-refractivity contribution >= 4 is 23.2 Å². The van der Waals surface area contributed by atoms with Gasteiger partial charge in [0.2, 0.25) is 5.91 Å². The highest BCUT2D eigenvalue weighted by Gasteiger charge is 2.20. The zero-order valence-electron chi connectivity index (χ0n) is 13.3. The highest BCUT2D eigenvalue weighted by molar-refractivity contribution is 8.00. The molecule has 6 heteroatoms. The molecular weight excluding hydrogens is 308 g/mol. The minimum Gasteiger partial charge on any atom is -0.369 e. The molecule has 1 unspecified atom stereocenters. The number of nitrogens with zero attached hydrogens (tertiary/aromatic N) is 3. The van der Waals surface area contributed by atoms with E-state index in [0.717, 1.165) is 28.0 Å². The van der Waals surface area contributed by atoms with Crippen LogP contribution in [0.25, 0.3) is 16.8 Å². The van der Waals surface area contributed by atoms with E-state index in [1.165, 1.54) is 11.8 Å². The number of amides is 1. The summed E-state index contributed by atoms with van der Waals surface area (Å²) in [4.78, 5) is 16.1. The summed E-state index contributed by atoms with van der Waals surface area (Å²) in [7, 11) is 0. The number of carbonyl (C=O) groups excluding carboxylic acids is 1. The van der Waals surface area contributed by atoms with E-state index in [4.69, 9.17) is 10.7 Å². The number of imidazole rings is 1. The van der Waals surface area contributed by atoms with E-state index in [2.05, 4.69) is 5.10 Å². The van der Waals surface area contributed by atoms with Crippen LogP contribution in [0.3, 0.4) is 0 Å². The highest BCUT2D eigenvalue weighted by atomic mass is 32.2. The van der Waals surface area contributed by atoms with E-state index >= 15 is 0 Å². The van der Waals surface area contributed by atoms with E-state index in [1.807, 2.05) is 54.8 Å². The highest BCUT2D eigenvalue weighted by Crippen LogP contribution is 2.32. The topological polar surface area (TPSA) is 73.3 Å². The van der Waals surface area contributed by atoms with E-state index in [9.17, 15) is 4.79 Å². The number of benzene rings is 1. The lowest BCUT2D eigenvalue weighted by molar-refractivity contribution is -0.117. The third-order valence-corrected chi connectivity index (χ3v) is 4.67. The number of thioether (sulfide) groups is 1. The standard InChI is InChI=1S/C17H18N4OS/c1-10-9-11(2)20-21-15(10)14(13-7-5-4-6-8-13)19-17(21)23-12(3)16(18)22/h4-9,12H,1-3H3,(H2,18,22). The third-order valence-electron chi connectivity index (χ3n) is 3.61. The van der Waals surface area contributed by atoms with Crippen molar-refractivity contribution in [2.24, 2.45) is 5.73 Å². The van der Waals surface area contributed by atoms with Gasteiger partial charge in [0.25, 0.3) is 0 Å². The number of aryl methyl sites for hydroxylation is 2. The summed E-state index contributed by atoms with van der Waals surface area (Å²) >= 11 is 1.33. The van der Waals surface area contributed by atoms with Gasteiger partial charge in [-0.15, -0.1) is 0 Å². The summed E-state index contributed by atoms with van der Waals surface area (Å²) in [6, 6.07) is 12.0. The molecule has 23 heavy (non-hydrogen) atoms. The molecule has 0 radical (unpaired) electrons. The van der Waals surface area contributed by atoms with Crippen LogP contribution in [0.15, 0.2) is 41.6 Å². The number of fused-ring (bicyclic) bond motifs is 1. The third kappa shape index (κ3) is 2.94. The van der Waals surface area contributed by atoms with Gasteiger partial charge in [0.15, 0.2) is 5.16 Å². The molecule has 0 saturated heterocycles. The number of carbonyl (C=O) groups is 1. The van der Waals surface area contributed by atoms with Gasteiger partial charge in [-0.2, -0.15) is 5.10 Å². The van der Waals surface area contributed by atoms with Gasteiger partial charge in [0.1, 0.15) is 0 Å². The quantitative estimate of drug-likeness (QED) is 0.748. The molecule has 5 nitrogen and oxygen atoms in total. The Balaban J connectivity index is 2.23. The second-order valence-electron chi connectivity index (χ2n) is 5.50. The van der Waals surface area contributed by atoms with Crippen molar-refractivity contribution in [3.05, 3.63) is 47.7 Å². The molecule has 0 saturated carbocycles. The fourth-order valence-electron chi connectivity index (χ4n) is 2.50. The lowest BCUT2D eigenvalue weighted by Crippen LogP contribution is -2.22. The van der Waals surface area contributed by atoms with Crippen LogP contribution in [0.5, 0.6) is 0 Å². The van der Waals surface area contributed by atoms with Crippen molar-refractivity contribution < 1.29 is 4.79 Å². The van der Waals surface area contributed by atoms with Gasteiger partial charge >= 0.3 is 0 Å². The van der Waals surface area contributed by atoms with Crippen molar-refractivity contribution in [2.75, 3.05) is 0 Å². The molecular formula is C17H18N4OS. The smallest absolute Gasteiger partial charge is 0.230 e. The Hall–Kier alpha value is -2.34. The number of nitrogens with two attached hydrogens (primary N) is 1. The Bertz CT molecular complexity index is 873. The van der Waals surface area contributed by atoms with Gasteiger partial charge in [0, 0.05) is 5.56 Å². The minimum atomic E-state index is -0.369. The first-order valence-corrected chi connectivity index (χ1v) is 8.23. The Morgan fingerprint density at radius 3 is 2.61 bits per heavy atom. The van der Waals surface area contributed by atoms with Gasteiger partial charge in [-0.1, -0.05) is 42.1 Å². The second kappa shape index (κ2) is 6.04. The fraction of sp³-hybridized carbons (Fsp3) is 0.235. The summed E-state index contributed by atoms with van der Waals surface area (Å²) in [5, 5.41) is 4.89. The van der Waals surface area contributed by atoms with Crippen molar-refractivity contribution in [1.29, 1.82) is 0 Å². The minimum absolute atomic E-state index is 0.364. The van der Waals surface area contributed by atoms with Gasteiger partial charge in [-0.3, -0.25) is 4.79 Å². The number of rotatable bonds is 4. The Labute approximate surface area is 138 Å². The predicted molar refractivity (Wildman–Crippen MR) is 92.4 cm³/mol. The first-order valence-electron chi connectivity index (χ1n) is 7.35. The predicted octanol–water partition coefficient (Wildman–Crippen LogP) is 2.98. The van der Waals surface area contributed by atoms with Gasteiger partial charge in [-0.05, 0) is 32.4 Å². The molecule has 0 aliphatic carbocycles. The molecule has 3 aromatic rings. The molecule has 1 aromatic carbocycles. The van der Waals surface area contributed by atoms with Crippen LogP contribution in [0, 0.1) is 13.8 Å². The maximum absolute atomic E-state index is 11.4. The van der Waals surface area contributed by atoms with E-state index in [0.29, 0.717) is 5.16 Å². The summed E-state index contributed by atoms with van der Waals surface area (Å²) in [6.07, 6.45) is 0. The number of aromatic nitrogens is 3. The normalized spacial score (nSPS) is 12.5. The molecule has 2 heterocycles. The maximum Gasteiger partial charge on any atom is 0.230 e. The molecule has 3 rings (SSSR count). The molecule has 2 N–H and O–H groups in total. The average Bonchev–Trinajstić information content (AvgIpc) is 2.87. The Morgan fingerprint density at radius 2 is 1.96 bits per heavy atom. The zero-order chi connectivity index (χ0) is 16.6. The summed E-state index contributed by atoms with van der Waals surface area (Å²) < 4.78 is 1.82. The number of primary amides is 1. The number of hydrogen-bond donors (Lipinski definition) is 1. The first-order chi connectivity index (χ1) is 11.0. The van der Waals surface area contributed by atoms with Crippen LogP contribution in [-0.2, 0) is 4.79 Å². The summed E-state index contributed by atoms with van der Waals surface area (Å²) in [5.41, 5.74) is 10.2. The Kier molecular flexibility index (Phi) is 4.09. The van der Waals surface area contributed by atoms with E-state index in [1.54, 1.807) is 6.92 Å². The van der Waals surface area contributed by atoms with Gasteiger partial charge < -0.3 is 5.73 Å².